The van der Waals surface area contributed by atoms with Gasteiger partial charge in [-0.25, -0.2) is 0 Å². The van der Waals surface area contributed by atoms with Gasteiger partial charge in [0.1, 0.15) is 11.2 Å². The summed E-state index contributed by atoms with van der Waals surface area (Å²) < 4.78 is 6.40. The third kappa shape index (κ3) is 4.82. The van der Waals surface area contributed by atoms with E-state index in [1.165, 1.54) is 44.2 Å². The SMILES string of the molecule is c1ccc(N(c2ccc(-c3cccc4c3oc3ccccc34)cc2)c2ccc(C3(c4ccc5ccccc5c4)c4ccccc4-c4ccccc43)cc2)cc1. The van der Waals surface area contributed by atoms with E-state index in [0.29, 0.717) is 0 Å². The molecule has 55 heavy (non-hydrogen) atoms. The predicted octanol–water partition coefficient (Wildman–Crippen LogP) is 14.2. The molecule has 0 N–H and O–H groups in total. The molecular weight excluding hydrogens is 667 g/mol. The second-order valence-corrected chi connectivity index (χ2v) is 14.4. The maximum atomic E-state index is 6.40. The van der Waals surface area contributed by atoms with Crippen LogP contribution in [0.3, 0.4) is 0 Å². The van der Waals surface area contributed by atoms with Crippen LogP contribution in [0.2, 0.25) is 0 Å². The molecule has 1 aliphatic carbocycles. The number of fused-ring (bicyclic) bond motifs is 7. The van der Waals surface area contributed by atoms with Crippen LogP contribution in [0.15, 0.2) is 217 Å². The van der Waals surface area contributed by atoms with Crippen molar-refractivity contribution in [2.24, 2.45) is 0 Å². The molecule has 1 heterocycles. The van der Waals surface area contributed by atoms with Crippen LogP contribution in [0.5, 0.6) is 0 Å². The summed E-state index contributed by atoms with van der Waals surface area (Å²) in [5.41, 5.74) is 14.6. The van der Waals surface area contributed by atoms with Gasteiger partial charge in [-0.2, -0.15) is 0 Å². The molecule has 10 aromatic rings. The normalized spacial score (nSPS) is 12.9. The van der Waals surface area contributed by atoms with E-state index in [4.69, 9.17) is 4.42 Å². The summed E-state index contributed by atoms with van der Waals surface area (Å²) in [5, 5.41) is 4.77. The van der Waals surface area contributed by atoms with Gasteiger partial charge in [0, 0.05) is 33.4 Å². The standard InChI is InChI=1S/C53H35NO/c1-2-15-41(16-3-1)54(42-31-26-37(27-32-42)44-20-12-21-48-47-19-8-11-24-51(47)55-52(44)48)43-33-29-39(30-34-43)53(40-28-25-36-13-4-5-14-38(36)35-40)49-22-9-6-17-45(49)46-18-7-10-23-50(46)53/h1-35H. The van der Waals surface area contributed by atoms with Crippen LogP contribution in [0.25, 0.3) is 55.0 Å². The van der Waals surface area contributed by atoms with Crippen LogP contribution in [-0.4, -0.2) is 0 Å². The average molecular weight is 702 g/mol. The molecule has 1 aromatic heterocycles. The number of anilines is 3. The van der Waals surface area contributed by atoms with Crippen molar-refractivity contribution < 1.29 is 4.42 Å². The molecule has 0 unspecified atom stereocenters. The lowest BCUT2D eigenvalue weighted by molar-refractivity contribution is 0.670. The summed E-state index contributed by atoms with van der Waals surface area (Å²) >= 11 is 0. The summed E-state index contributed by atoms with van der Waals surface area (Å²) in [6.45, 7) is 0. The van der Waals surface area contributed by atoms with Gasteiger partial charge in [-0.15, -0.1) is 0 Å². The van der Waals surface area contributed by atoms with Gasteiger partial charge in [0.15, 0.2) is 0 Å². The lowest BCUT2D eigenvalue weighted by Crippen LogP contribution is -2.28. The zero-order valence-corrected chi connectivity index (χ0v) is 30.1. The van der Waals surface area contributed by atoms with Gasteiger partial charge in [0.25, 0.3) is 0 Å². The Bertz CT molecular complexity index is 2980. The zero-order valence-electron chi connectivity index (χ0n) is 30.1. The van der Waals surface area contributed by atoms with Crippen LogP contribution in [0, 0.1) is 0 Å². The highest BCUT2D eigenvalue weighted by Crippen LogP contribution is 2.56. The highest BCUT2D eigenvalue weighted by atomic mass is 16.3. The molecule has 9 aromatic carbocycles. The number of rotatable bonds is 6. The highest BCUT2D eigenvalue weighted by molar-refractivity contribution is 6.09. The van der Waals surface area contributed by atoms with Crippen LogP contribution in [0.4, 0.5) is 17.1 Å². The molecule has 0 fully saturated rings. The number of para-hydroxylation sites is 3. The van der Waals surface area contributed by atoms with E-state index in [-0.39, 0.29) is 0 Å². The van der Waals surface area contributed by atoms with E-state index in [1.807, 2.05) is 12.1 Å². The lowest BCUT2D eigenvalue weighted by Gasteiger charge is -2.34. The lowest BCUT2D eigenvalue weighted by atomic mass is 9.67. The molecule has 0 radical (unpaired) electrons. The van der Waals surface area contributed by atoms with Crippen molar-refractivity contribution in [2.45, 2.75) is 5.41 Å². The third-order valence-corrected chi connectivity index (χ3v) is 11.5. The van der Waals surface area contributed by atoms with E-state index in [1.54, 1.807) is 0 Å². The highest BCUT2D eigenvalue weighted by Gasteiger charge is 2.46. The van der Waals surface area contributed by atoms with Crippen LogP contribution >= 0.6 is 0 Å². The molecule has 0 saturated carbocycles. The summed E-state index contributed by atoms with van der Waals surface area (Å²) in [4.78, 5) is 2.34. The average Bonchev–Trinajstić information content (AvgIpc) is 3.79. The summed E-state index contributed by atoms with van der Waals surface area (Å²) in [7, 11) is 0. The largest absolute Gasteiger partial charge is 0.455 e. The molecule has 11 rings (SSSR count). The van der Waals surface area contributed by atoms with E-state index >= 15 is 0 Å². The van der Waals surface area contributed by atoms with Gasteiger partial charge in [0.05, 0.1) is 5.41 Å². The van der Waals surface area contributed by atoms with Crippen molar-refractivity contribution in [2.75, 3.05) is 4.90 Å². The Morgan fingerprint density at radius 1 is 0.364 bits per heavy atom. The fraction of sp³-hybridized carbons (Fsp3) is 0.0189. The zero-order chi connectivity index (χ0) is 36.3. The first-order chi connectivity index (χ1) is 27.3. The van der Waals surface area contributed by atoms with Crippen LogP contribution in [-0.2, 0) is 5.41 Å². The minimum absolute atomic E-state index is 0.480. The Kier molecular flexibility index (Phi) is 7.11. The topological polar surface area (TPSA) is 16.4 Å². The third-order valence-electron chi connectivity index (χ3n) is 11.5. The second kappa shape index (κ2) is 12.5. The van der Waals surface area contributed by atoms with E-state index < -0.39 is 5.41 Å². The summed E-state index contributed by atoms with van der Waals surface area (Å²) in [6.07, 6.45) is 0. The summed E-state index contributed by atoms with van der Waals surface area (Å²) in [6, 6.07) is 77.0. The van der Waals surface area contributed by atoms with Crippen LogP contribution < -0.4 is 4.90 Å². The first kappa shape index (κ1) is 31.4. The van der Waals surface area contributed by atoms with Crippen molar-refractivity contribution in [1.29, 1.82) is 0 Å². The molecule has 2 nitrogen and oxygen atoms in total. The number of benzene rings is 9. The second-order valence-electron chi connectivity index (χ2n) is 14.4. The molecule has 0 saturated heterocycles. The van der Waals surface area contributed by atoms with Gasteiger partial charge in [-0.1, -0.05) is 164 Å². The Hall–Kier alpha value is -7.16. The molecule has 0 aliphatic heterocycles. The number of furan rings is 1. The van der Waals surface area contributed by atoms with Crippen molar-refractivity contribution in [3.05, 3.63) is 235 Å². The molecule has 258 valence electrons. The Balaban J connectivity index is 1.05. The van der Waals surface area contributed by atoms with Gasteiger partial charge < -0.3 is 9.32 Å². The Morgan fingerprint density at radius 3 is 1.65 bits per heavy atom. The van der Waals surface area contributed by atoms with Crippen LogP contribution in [0.1, 0.15) is 22.3 Å². The fourth-order valence-electron chi connectivity index (χ4n) is 9.10. The molecule has 0 bridgehead atoms. The fourth-order valence-corrected chi connectivity index (χ4v) is 9.10. The molecule has 0 spiro atoms. The van der Waals surface area contributed by atoms with E-state index in [0.717, 1.165) is 50.1 Å². The van der Waals surface area contributed by atoms with E-state index in [9.17, 15) is 0 Å². The van der Waals surface area contributed by atoms with Crippen molar-refractivity contribution in [3.63, 3.8) is 0 Å². The van der Waals surface area contributed by atoms with Gasteiger partial charge in [-0.05, 0) is 98.2 Å². The number of hydrogen-bond donors (Lipinski definition) is 0. The van der Waals surface area contributed by atoms with Gasteiger partial charge >= 0.3 is 0 Å². The first-order valence-corrected chi connectivity index (χ1v) is 18.9. The molecular formula is C53H35NO. The molecule has 0 atom stereocenters. The molecule has 0 amide bonds. The maximum absolute atomic E-state index is 6.40. The molecule has 2 heteroatoms. The van der Waals surface area contributed by atoms with E-state index in [2.05, 4.69) is 205 Å². The minimum atomic E-state index is -0.480. The molecule has 1 aliphatic rings. The number of hydrogen-bond acceptors (Lipinski definition) is 2. The monoisotopic (exact) mass is 701 g/mol. The minimum Gasteiger partial charge on any atom is -0.455 e. The first-order valence-electron chi connectivity index (χ1n) is 18.9. The van der Waals surface area contributed by atoms with Crippen molar-refractivity contribution in [1.82, 2.24) is 0 Å². The number of nitrogens with zero attached hydrogens (tertiary/aromatic N) is 1. The smallest absolute Gasteiger partial charge is 0.143 e. The van der Waals surface area contributed by atoms with Gasteiger partial charge in [-0.3, -0.25) is 0 Å². The van der Waals surface area contributed by atoms with Crippen molar-refractivity contribution >= 4 is 49.8 Å². The Morgan fingerprint density at radius 2 is 0.909 bits per heavy atom. The predicted molar refractivity (Wildman–Crippen MR) is 229 cm³/mol. The Labute approximate surface area is 320 Å². The van der Waals surface area contributed by atoms with Crippen molar-refractivity contribution in [3.8, 4) is 22.3 Å². The van der Waals surface area contributed by atoms with Gasteiger partial charge in [0.2, 0.25) is 0 Å². The summed E-state index contributed by atoms with van der Waals surface area (Å²) in [5.74, 6) is 0. The quantitative estimate of drug-likeness (QED) is 0.172. The maximum Gasteiger partial charge on any atom is 0.143 e.